The van der Waals surface area contributed by atoms with Crippen molar-refractivity contribution >= 4 is 5.91 Å². The molecule has 1 amide bonds. The molecule has 0 aromatic rings. The summed E-state index contributed by atoms with van der Waals surface area (Å²) in [5.41, 5.74) is 4.76. The van der Waals surface area contributed by atoms with Crippen LogP contribution in [0.25, 0.3) is 0 Å². The molecule has 0 aromatic heterocycles. The van der Waals surface area contributed by atoms with Crippen molar-refractivity contribution in [3.63, 3.8) is 0 Å². The number of rotatable bonds is 6. The minimum atomic E-state index is -0.828. The maximum atomic E-state index is 11.6. The molecule has 0 radical (unpaired) electrons. The number of nitrogens with zero attached hydrogens (tertiary/aromatic N) is 1. The standard InChI is InChI=1S/C11H24N2O2/c1-9(12)6-5-7-10(14)13(4)8-11(2,3)15/h9,15H,5-8,12H2,1-4H3. The van der Waals surface area contributed by atoms with E-state index in [2.05, 4.69) is 0 Å². The van der Waals surface area contributed by atoms with Gasteiger partial charge in [0.05, 0.1) is 5.60 Å². The minimum Gasteiger partial charge on any atom is -0.389 e. The molecule has 4 nitrogen and oxygen atoms in total. The highest BCUT2D eigenvalue weighted by Gasteiger charge is 2.18. The van der Waals surface area contributed by atoms with Crippen LogP contribution in [-0.4, -0.2) is 41.1 Å². The summed E-state index contributed by atoms with van der Waals surface area (Å²) in [5, 5.41) is 9.54. The second kappa shape index (κ2) is 6.08. The van der Waals surface area contributed by atoms with Crippen molar-refractivity contribution in [2.75, 3.05) is 13.6 Å². The highest BCUT2D eigenvalue weighted by Crippen LogP contribution is 2.06. The van der Waals surface area contributed by atoms with Crippen molar-refractivity contribution in [3.8, 4) is 0 Å². The van der Waals surface area contributed by atoms with E-state index in [0.29, 0.717) is 13.0 Å². The van der Waals surface area contributed by atoms with E-state index < -0.39 is 5.60 Å². The zero-order valence-electron chi connectivity index (χ0n) is 10.3. The third-order valence-electron chi connectivity index (χ3n) is 2.10. The Hall–Kier alpha value is -0.610. The summed E-state index contributed by atoms with van der Waals surface area (Å²) >= 11 is 0. The molecule has 0 aliphatic rings. The van der Waals surface area contributed by atoms with E-state index in [9.17, 15) is 9.90 Å². The molecule has 0 saturated carbocycles. The lowest BCUT2D eigenvalue weighted by molar-refractivity contribution is -0.132. The Labute approximate surface area is 92.4 Å². The monoisotopic (exact) mass is 216 g/mol. The van der Waals surface area contributed by atoms with E-state index in [1.165, 1.54) is 0 Å². The second-order valence-electron chi connectivity index (χ2n) is 4.93. The minimum absolute atomic E-state index is 0.0674. The zero-order valence-corrected chi connectivity index (χ0v) is 10.3. The molecule has 1 atom stereocenters. The van der Waals surface area contributed by atoms with Gasteiger partial charge in [-0.05, 0) is 33.6 Å². The first kappa shape index (κ1) is 14.4. The van der Waals surface area contributed by atoms with E-state index in [1.807, 2.05) is 6.92 Å². The van der Waals surface area contributed by atoms with Gasteiger partial charge in [0.1, 0.15) is 0 Å². The van der Waals surface area contributed by atoms with Crippen LogP contribution in [0.5, 0.6) is 0 Å². The van der Waals surface area contributed by atoms with Crippen molar-refractivity contribution in [2.45, 2.75) is 51.7 Å². The average molecular weight is 216 g/mol. The predicted molar refractivity (Wildman–Crippen MR) is 61.4 cm³/mol. The molecule has 15 heavy (non-hydrogen) atoms. The maximum Gasteiger partial charge on any atom is 0.222 e. The SMILES string of the molecule is CC(N)CCCC(=O)N(C)CC(C)(C)O. The lowest BCUT2D eigenvalue weighted by Gasteiger charge is -2.25. The highest BCUT2D eigenvalue weighted by atomic mass is 16.3. The maximum absolute atomic E-state index is 11.6. The van der Waals surface area contributed by atoms with Gasteiger partial charge in [0.25, 0.3) is 0 Å². The highest BCUT2D eigenvalue weighted by molar-refractivity contribution is 5.75. The van der Waals surface area contributed by atoms with Crippen molar-refractivity contribution in [1.29, 1.82) is 0 Å². The molecule has 0 spiro atoms. The molecule has 0 aromatic carbocycles. The van der Waals surface area contributed by atoms with Crippen LogP contribution in [-0.2, 0) is 4.79 Å². The van der Waals surface area contributed by atoms with Crippen LogP contribution >= 0.6 is 0 Å². The molecule has 0 fully saturated rings. The van der Waals surface area contributed by atoms with Gasteiger partial charge >= 0.3 is 0 Å². The number of likely N-dealkylation sites (N-methyl/N-ethyl adjacent to an activating group) is 1. The predicted octanol–water partition coefficient (Wildman–Crippen LogP) is 0.733. The lowest BCUT2D eigenvalue weighted by Crippen LogP contribution is -2.39. The van der Waals surface area contributed by atoms with Gasteiger partial charge in [-0.1, -0.05) is 0 Å². The number of nitrogens with two attached hydrogens (primary N) is 1. The van der Waals surface area contributed by atoms with Crippen LogP contribution < -0.4 is 5.73 Å². The number of amides is 1. The average Bonchev–Trinajstić information content (AvgIpc) is 1.99. The summed E-state index contributed by atoms with van der Waals surface area (Å²) in [7, 11) is 1.71. The smallest absolute Gasteiger partial charge is 0.222 e. The second-order valence-corrected chi connectivity index (χ2v) is 4.93. The van der Waals surface area contributed by atoms with Crippen LogP contribution in [0, 0.1) is 0 Å². The quantitative estimate of drug-likeness (QED) is 0.688. The molecule has 0 rings (SSSR count). The summed E-state index contributed by atoms with van der Waals surface area (Å²) in [6.07, 6.45) is 2.18. The molecule has 0 aliphatic heterocycles. The first-order valence-electron chi connectivity index (χ1n) is 5.44. The molecule has 0 heterocycles. The van der Waals surface area contributed by atoms with Crippen LogP contribution in [0.3, 0.4) is 0 Å². The van der Waals surface area contributed by atoms with E-state index >= 15 is 0 Å². The Morgan fingerprint density at radius 1 is 1.53 bits per heavy atom. The Bertz CT molecular complexity index is 197. The van der Waals surface area contributed by atoms with E-state index in [4.69, 9.17) is 5.73 Å². The summed E-state index contributed by atoms with van der Waals surface area (Å²) < 4.78 is 0. The lowest BCUT2D eigenvalue weighted by atomic mass is 10.1. The van der Waals surface area contributed by atoms with Gasteiger partial charge in [-0.3, -0.25) is 4.79 Å². The van der Waals surface area contributed by atoms with Crippen molar-refractivity contribution in [3.05, 3.63) is 0 Å². The summed E-state index contributed by atoms with van der Waals surface area (Å²) in [5.74, 6) is 0.0674. The van der Waals surface area contributed by atoms with E-state index in [-0.39, 0.29) is 11.9 Å². The van der Waals surface area contributed by atoms with Gasteiger partial charge in [0, 0.05) is 26.1 Å². The molecular weight excluding hydrogens is 192 g/mol. The third-order valence-corrected chi connectivity index (χ3v) is 2.10. The number of hydrogen-bond acceptors (Lipinski definition) is 3. The fraction of sp³-hybridized carbons (Fsp3) is 0.909. The van der Waals surface area contributed by atoms with Gasteiger partial charge in [0.2, 0.25) is 5.91 Å². The van der Waals surface area contributed by atoms with Gasteiger partial charge in [0.15, 0.2) is 0 Å². The Morgan fingerprint density at radius 2 is 2.07 bits per heavy atom. The molecule has 0 bridgehead atoms. The molecule has 1 unspecified atom stereocenters. The van der Waals surface area contributed by atoms with Gasteiger partial charge in [-0.25, -0.2) is 0 Å². The van der Waals surface area contributed by atoms with Gasteiger partial charge in [-0.2, -0.15) is 0 Å². The van der Waals surface area contributed by atoms with Gasteiger partial charge < -0.3 is 15.7 Å². The number of carbonyl (C=O) groups is 1. The van der Waals surface area contributed by atoms with Crippen molar-refractivity contribution in [1.82, 2.24) is 4.90 Å². The van der Waals surface area contributed by atoms with Crippen molar-refractivity contribution in [2.24, 2.45) is 5.73 Å². The number of hydrogen-bond donors (Lipinski definition) is 2. The fourth-order valence-corrected chi connectivity index (χ4v) is 1.43. The van der Waals surface area contributed by atoms with Crippen LogP contribution in [0.15, 0.2) is 0 Å². The van der Waals surface area contributed by atoms with E-state index in [1.54, 1.807) is 25.8 Å². The fourth-order valence-electron chi connectivity index (χ4n) is 1.43. The summed E-state index contributed by atoms with van der Waals surface area (Å²) in [6.45, 7) is 5.69. The molecule has 0 aliphatic carbocycles. The molecule has 3 N–H and O–H groups in total. The summed E-state index contributed by atoms with van der Waals surface area (Å²) in [6, 6.07) is 0.150. The normalized spacial score (nSPS) is 13.7. The largest absolute Gasteiger partial charge is 0.389 e. The Kier molecular flexibility index (Phi) is 5.83. The first-order chi connectivity index (χ1) is 6.72. The molecule has 4 heteroatoms. The topological polar surface area (TPSA) is 66.6 Å². The van der Waals surface area contributed by atoms with E-state index in [0.717, 1.165) is 12.8 Å². The Morgan fingerprint density at radius 3 is 2.47 bits per heavy atom. The summed E-state index contributed by atoms with van der Waals surface area (Å²) in [4.78, 5) is 13.1. The first-order valence-corrected chi connectivity index (χ1v) is 5.44. The van der Waals surface area contributed by atoms with Gasteiger partial charge in [-0.15, -0.1) is 0 Å². The molecular formula is C11H24N2O2. The van der Waals surface area contributed by atoms with Crippen LogP contribution in [0.4, 0.5) is 0 Å². The molecule has 90 valence electrons. The van der Waals surface area contributed by atoms with Crippen molar-refractivity contribution < 1.29 is 9.90 Å². The Balaban J connectivity index is 3.80. The third kappa shape index (κ3) is 8.39. The van der Waals surface area contributed by atoms with Crippen LogP contribution in [0.2, 0.25) is 0 Å². The number of aliphatic hydroxyl groups is 1. The molecule has 0 saturated heterocycles. The van der Waals surface area contributed by atoms with Crippen LogP contribution in [0.1, 0.15) is 40.0 Å². The zero-order chi connectivity index (χ0) is 12.1. The number of carbonyl (C=O) groups excluding carboxylic acids is 1.